The molecule has 3 rings (SSSR count). The Morgan fingerprint density at radius 3 is 2.64 bits per heavy atom. The summed E-state index contributed by atoms with van der Waals surface area (Å²) in [6.45, 7) is 3.12. The van der Waals surface area contributed by atoms with E-state index in [1.54, 1.807) is 30.5 Å². The van der Waals surface area contributed by atoms with E-state index in [0.717, 1.165) is 0 Å². The van der Waals surface area contributed by atoms with E-state index in [4.69, 9.17) is 9.47 Å². The number of aromatic nitrogens is 1. The molecule has 0 N–H and O–H groups in total. The molecule has 2 heterocycles. The van der Waals surface area contributed by atoms with Gasteiger partial charge < -0.3 is 9.47 Å². The maximum Gasteiger partial charge on any atom is 0.273 e. The summed E-state index contributed by atoms with van der Waals surface area (Å²) in [5.41, 5.74) is 0. The quantitative estimate of drug-likeness (QED) is 0.804. The predicted octanol–water partition coefficient (Wildman–Crippen LogP) is 1.99. The van der Waals surface area contributed by atoms with Crippen molar-refractivity contribution in [3.8, 4) is 10.9 Å². The molecule has 0 unspecified atom stereocenters. The highest BCUT2D eigenvalue weighted by molar-refractivity contribution is 7.89. The summed E-state index contributed by atoms with van der Waals surface area (Å²) >= 11 is 1.40. The van der Waals surface area contributed by atoms with E-state index in [0.29, 0.717) is 30.6 Å². The smallest absolute Gasteiger partial charge is 0.273 e. The van der Waals surface area contributed by atoms with E-state index in [-0.39, 0.29) is 11.0 Å². The Labute approximate surface area is 133 Å². The first-order valence-electron chi connectivity index (χ1n) is 6.89. The molecule has 0 radical (unpaired) electrons. The number of benzene rings is 1. The molecule has 0 amide bonds. The lowest BCUT2D eigenvalue weighted by Crippen LogP contribution is -2.55. The van der Waals surface area contributed by atoms with Crippen LogP contribution in [0.3, 0.4) is 0 Å². The van der Waals surface area contributed by atoms with Crippen LogP contribution in [0.15, 0.2) is 40.7 Å². The fourth-order valence-electron chi connectivity index (χ4n) is 2.11. The molecule has 0 saturated carbocycles. The van der Waals surface area contributed by atoms with Gasteiger partial charge in [-0.3, -0.25) is 0 Å². The molecule has 0 bridgehead atoms. The van der Waals surface area contributed by atoms with Crippen molar-refractivity contribution in [2.45, 2.75) is 17.9 Å². The van der Waals surface area contributed by atoms with Crippen LogP contribution in [0, 0.1) is 0 Å². The van der Waals surface area contributed by atoms with E-state index < -0.39 is 10.0 Å². The molecule has 118 valence electrons. The van der Waals surface area contributed by atoms with Crippen LogP contribution in [0.25, 0.3) is 0 Å². The lowest BCUT2D eigenvalue weighted by atomic mass is 10.2. The first-order chi connectivity index (χ1) is 10.6. The van der Waals surface area contributed by atoms with Gasteiger partial charge in [-0.15, -0.1) is 0 Å². The highest BCUT2D eigenvalue weighted by atomic mass is 32.2. The molecule has 1 fully saturated rings. The summed E-state index contributed by atoms with van der Waals surface area (Å²) in [4.78, 5) is 4.29. The molecule has 0 atom stereocenters. The molecular weight excluding hydrogens is 324 g/mol. The first kappa shape index (κ1) is 15.3. The van der Waals surface area contributed by atoms with Gasteiger partial charge in [0.15, 0.2) is 0 Å². The van der Waals surface area contributed by atoms with E-state index in [1.807, 2.05) is 12.3 Å². The summed E-state index contributed by atoms with van der Waals surface area (Å²) in [5, 5.41) is 2.39. The van der Waals surface area contributed by atoms with E-state index in [2.05, 4.69) is 4.98 Å². The molecular formula is C14H16N2O4S2. The SMILES string of the molecule is CCOc1ccc(S(=O)(=O)N2CC(Oc3nccs3)C2)cc1. The minimum atomic E-state index is -3.46. The minimum absolute atomic E-state index is 0.136. The summed E-state index contributed by atoms with van der Waals surface area (Å²) in [6, 6.07) is 6.46. The lowest BCUT2D eigenvalue weighted by molar-refractivity contribution is 0.0759. The second kappa shape index (κ2) is 6.23. The molecule has 1 aromatic heterocycles. The molecule has 8 heteroatoms. The molecule has 1 saturated heterocycles. The first-order valence-corrected chi connectivity index (χ1v) is 9.20. The average Bonchev–Trinajstić information content (AvgIpc) is 2.96. The second-order valence-electron chi connectivity index (χ2n) is 4.76. The van der Waals surface area contributed by atoms with Crippen molar-refractivity contribution in [3.05, 3.63) is 35.8 Å². The molecule has 1 aromatic carbocycles. The fourth-order valence-corrected chi connectivity index (χ4v) is 4.16. The second-order valence-corrected chi connectivity index (χ2v) is 7.56. The van der Waals surface area contributed by atoms with E-state index in [1.165, 1.54) is 15.6 Å². The molecule has 1 aliphatic rings. The minimum Gasteiger partial charge on any atom is -0.494 e. The molecule has 0 spiro atoms. The van der Waals surface area contributed by atoms with Crippen LogP contribution < -0.4 is 9.47 Å². The van der Waals surface area contributed by atoms with Gasteiger partial charge in [0.1, 0.15) is 11.9 Å². The fraction of sp³-hybridized carbons (Fsp3) is 0.357. The summed E-state index contributed by atoms with van der Waals surface area (Å²) in [5.74, 6) is 0.662. The Balaban J connectivity index is 1.62. The zero-order chi connectivity index (χ0) is 15.6. The maximum atomic E-state index is 12.4. The van der Waals surface area contributed by atoms with E-state index >= 15 is 0 Å². The summed E-state index contributed by atoms with van der Waals surface area (Å²) < 4.78 is 37.2. The maximum absolute atomic E-state index is 12.4. The van der Waals surface area contributed by atoms with Gasteiger partial charge >= 0.3 is 0 Å². The largest absolute Gasteiger partial charge is 0.494 e. The van der Waals surface area contributed by atoms with Crippen molar-refractivity contribution >= 4 is 21.4 Å². The number of nitrogens with zero attached hydrogens (tertiary/aromatic N) is 2. The molecule has 0 aliphatic carbocycles. The van der Waals surface area contributed by atoms with Gasteiger partial charge in [-0.1, -0.05) is 11.3 Å². The van der Waals surface area contributed by atoms with Crippen LogP contribution in [-0.4, -0.2) is 43.5 Å². The third-order valence-electron chi connectivity index (χ3n) is 3.26. The van der Waals surface area contributed by atoms with Crippen LogP contribution in [-0.2, 0) is 10.0 Å². The zero-order valence-electron chi connectivity index (χ0n) is 12.0. The van der Waals surface area contributed by atoms with Crippen LogP contribution in [0.4, 0.5) is 0 Å². The monoisotopic (exact) mass is 340 g/mol. The van der Waals surface area contributed by atoms with Gasteiger partial charge in [0.05, 0.1) is 24.6 Å². The number of hydrogen-bond acceptors (Lipinski definition) is 6. The van der Waals surface area contributed by atoms with Gasteiger partial charge in [0.2, 0.25) is 10.0 Å². The molecule has 1 aliphatic heterocycles. The number of hydrogen-bond donors (Lipinski definition) is 0. The third kappa shape index (κ3) is 3.08. The zero-order valence-corrected chi connectivity index (χ0v) is 13.6. The highest BCUT2D eigenvalue weighted by Crippen LogP contribution is 2.26. The summed E-state index contributed by atoms with van der Waals surface area (Å²) in [6.07, 6.45) is 1.52. The van der Waals surface area contributed by atoms with Crippen molar-refractivity contribution in [1.29, 1.82) is 0 Å². The Morgan fingerprint density at radius 2 is 2.05 bits per heavy atom. The van der Waals surface area contributed by atoms with Crippen LogP contribution in [0.2, 0.25) is 0 Å². The van der Waals surface area contributed by atoms with Gasteiger partial charge in [-0.25, -0.2) is 13.4 Å². The molecule has 2 aromatic rings. The predicted molar refractivity (Wildman–Crippen MR) is 82.9 cm³/mol. The van der Waals surface area contributed by atoms with Crippen molar-refractivity contribution < 1.29 is 17.9 Å². The molecule has 6 nitrogen and oxygen atoms in total. The highest BCUT2D eigenvalue weighted by Gasteiger charge is 2.38. The van der Waals surface area contributed by atoms with Crippen LogP contribution >= 0.6 is 11.3 Å². The Bertz CT molecular complexity index is 708. The van der Waals surface area contributed by atoms with Crippen LogP contribution in [0.5, 0.6) is 10.9 Å². The number of ether oxygens (including phenoxy) is 2. The van der Waals surface area contributed by atoms with Crippen molar-refractivity contribution in [2.24, 2.45) is 0 Å². The summed E-state index contributed by atoms with van der Waals surface area (Å²) in [7, 11) is -3.46. The van der Waals surface area contributed by atoms with Crippen molar-refractivity contribution in [2.75, 3.05) is 19.7 Å². The van der Waals surface area contributed by atoms with Crippen molar-refractivity contribution in [1.82, 2.24) is 9.29 Å². The lowest BCUT2D eigenvalue weighted by Gasteiger charge is -2.37. The van der Waals surface area contributed by atoms with Gasteiger partial charge in [-0.05, 0) is 31.2 Å². The number of sulfonamides is 1. The van der Waals surface area contributed by atoms with Crippen molar-refractivity contribution in [3.63, 3.8) is 0 Å². The third-order valence-corrected chi connectivity index (χ3v) is 5.77. The standard InChI is InChI=1S/C14H16N2O4S2/c1-2-19-11-3-5-13(6-4-11)22(17,18)16-9-12(10-16)20-14-15-7-8-21-14/h3-8,12H,2,9-10H2,1H3. The number of rotatable bonds is 6. The van der Waals surface area contributed by atoms with Gasteiger partial charge in [0.25, 0.3) is 5.19 Å². The van der Waals surface area contributed by atoms with Gasteiger partial charge in [0, 0.05) is 11.6 Å². The normalized spacial score (nSPS) is 16.2. The Kier molecular flexibility index (Phi) is 4.32. The Morgan fingerprint density at radius 1 is 1.32 bits per heavy atom. The average molecular weight is 340 g/mol. The topological polar surface area (TPSA) is 68.7 Å². The van der Waals surface area contributed by atoms with Crippen LogP contribution in [0.1, 0.15) is 6.92 Å². The van der Waals surface area contributed by atoms with Gasteiger partial charge in [-0.2, -0.15) is 4.31 Å². The Hall–Kier alpha value is -1.64. The van der Waals surface area contributed by atoms with E-state index in [9.17, 15) is 8.42 Å². The number of thiazole rings is 1. The molecule has 22 heavy (non-hydrogen) atoms.